The Bertz CT molecular complexity index is 574. The van der Waals surface area contributed by atoms with E-state index in [0.29, 0.717) is 0 Å². The Labute approximate surface area is 142 Å². The van der Waals surface area contributed by atoms with Crippen molar-refractivity contribution in [2.75, 3.05) is 0 Å². The van der Waals surface area contributed by atoms with Crippen LogP contribution in [0.2, 0.25) is 0 Å². The molecule has 0 saturated heterocycles. The number of rotatable bonds is 10. The number of aromatic nitrogens is 1. The summed E-state index contributed by atoms with van der Waals surface area (Å²) in [5.41, 5.74) is 5.70. The van der Waals surface area contributed by atoms with Crippen molar-refractivity contribution in [3.05, 3.63) is 53.9 Å². The third-order valence-corrected chi connectivity index (χ3v) is 4.56. The van der Waals surface area contributed by atoms with Crippen LogP contribution in [-0.4, -0.2) is 4.98 Å². The fourth-order valence-corrected chi connectivity index (χ4v) is 3.20. The van der Waals surface area contributed by atoms with Crippen LogP contribution in [0.5, 0.6) is 0 Å². The number of nitrogens with zero attached hydrogens (tertiary/aromatic N) is 1. The van der Waals surface area contributed by atoms with Crippen LogP contribution in [0.25, 0.3) is 11.1 Å². The number of unbranched alkanes of at least 4 members (excludes halogenated alkanes) is 5. The molecule has 0 aliphatic rings. The number of benzene rings is 1. The minimum absolute atomic E-state index is 1.15. The van der Waals surface area contributed by atoms with Crippen molar-refractivity contribution in [1.29, 1.82) is 0 Å². The average molecular weight is 309 g/mol. The summed E-state index contributed by atoms with van der Waals surface area (Å²) in [6, 6.07) is 11.1. The average Bonchev–Trinajstić information content (AvgIpc) is 2.60. The van der Waals surface area contributed by atoms with Crippen LogP contribution in [0.4, 0.5) is 0 Å². The van der Waals surface area contributed by atoms with Crippen molar-refractivity contribution in [1.82, 2.24) is 4.98 Å². The standard InChI is InChI=1S/C22H31N/c1-3-5-7-9-14-20-18-23-17-16-22(20)21-15-11-10-13-19(21)12-8-6-4-2/h10-11,13,15-18H,3-9,12,14H2,1-2H3. The Morgan fingerprint density at radius 1 is 0.696 bits per heavy atom. The van der Waals surface area contributed by atoms with E-state index in [4.69, 9.17) is 0 Å². The third kappa shape index (κ3) is 5.49. The minimum atomic E-state index is 1.15. The van der Waals surface area contributed by atoms with Crippen LogP contribution >= 0.6 is 0 Å². The zero-order valence-electron chi connectivity index (χ0n) is 14.9. The second-order valence-corrected chi connectivity index (χ2v) is 6.46. The van der Waals surface area contributed by atoms with E-state index >= 15 is 0 Å². The predicted octanol–water partition coefficient (Wildman–Crippen LogP) is 6.60. The number of hydrogen-bond donors (Lipinski definition) is 0. The van der Waals surface area contributed by atoms with Crippen molar-refractivity contribution < 1.29 is 0 Å². The summed E-state index contributed by atoms with van der Waals surface area (Å²) in [6.07, 6.45) is 15.4. The lowest BCUT2D eigenvalue weighted by atomic mass is 9.92. The van der Waals surface area contributed by atoms with Crippen molar-refractivity contribution >= 4 is 0 Å². The highest BCUT2D eigenvalue weighted by Crippen LogP contribution is 2.29. The van der Waals surface area contributed by atoms with E-state index in [1.165, 1.54) is 73.6 Å². The molecule has 2 rings (SSSR count). The first kappa shape index (κ1) is 17.7. The van der Waals surface area contributed by atoms with Gasteiger partial charge in [-0.2, -0.15) is 0 Å². The van der Waals surface area contributed by atoms with E-state index in [0.717, 1.165) is 6.42 Å². The fraction of sp³-hybridized carbons (Fsp3) is 0.500. The maximum Gasteiger partial charge on any atom is 0.0306 e. The normalized spacial score (nSPS) is 10.9. The second-order valence-electron chi connectivity index (χ2n) is 6.46. The molecule has 0 fully saturated rings. The van der Waals surface area contributed by atoms with E-state index in [9.17, 15) is 0 Å². The summed E-state index contributed by atoms with van der Waals surface area (Å²) in [5, 5.41) is 0. The first-order valence-corrected chi connectivity index (χ1v) is 9.38. The molecule has 0 radical (unpaired) electrons. The first-order valence-electron chi connectivity index (χ1n) is 9.38. The quantitative estimate of drug-likeness (QED) is 0.450. The molecule has 1 nitrogen and oxygen atoms in total. The molecule has 1 heterocycles. The summed E-state index contributed by atoms with van der Waals surface area (Å²) < 4.78 is 0. The summed E-state index contributed by atoms with van der Waals surface area (Å²) in [6.45, 7) is 4.53. The van der Waals surface area contributed by atoms with E-state index in [1.54, 1.807) is 0 Å². The van der Waals surface area contributed by atoms with Gasteiger partial charge in [-0.15, -0.1) is 0 Å². The highest BCUT2D eigenvalue weighted by atomic mass is 14.6. The molecular formula is C22H31N. The Kier molecular flexibility index (Phi) is 7.86. The lowest BCUT2D eigenvalue weighted by Crippen LogP contribution is -1.96. The topological polar surface area (TPSA) is 12.9 Å². The van der Waals surface area contributed by atoms with E-state index in [2.05, 4.69) is 55.4 Å². The van der Waals surface area contributed by atoms with Gasteiger partial charge in [-0.25, -0.2) is 0 Å². The molecule has 0 aliphatic carbocycles. The van der Waals surface area contributed by atoms with E-state index in [1.807, 2.05) is 6.20 Å². The Morgan fingerprint density at radius 3 is 2.17 bits per heavy atom. The predicted molar refractivity (Wildman–Crippen MR) is 101 cm³/mol. The van der Waals surface area contributed by atoms with Crippen LogP contribution in [0.1, 0.15) is 69.9 Å². The SMILES string of the molecule is CCCCCCc1cnccc1-c1ccccc1CCCCC. The lowest BCUT2D eigenvalue weighted by molar-refractivity contribution is 0.666. The van der Waals surface area contributed by atoms with Gasteiger partial charge in [-0.1, -0.05) is 70.2 Å². The molecule has 23 heavy (non-hydrogen) atoms. The highest BCUT2D eigenvalue weighted by molar-refractivity contribution is 5.70. The molecule has 0 atom stereocenters. The Morgan fingerprint density at radius 2 is 1.35 bits per heavy atom. The molecular weight excluding hydrogens is 278 g/mol. The molecule has 1 heteroatoms. The summed E-state index contributed by atoms with van der Waals surface area (Å²) in [4.78, 5) is 4.37. The van der Waals surface area contributed by atoms with Gasteiger partial charge in [0.1, 0.15) is 0 Å². The summed E-state index contributed by atoms with van der Waals surface area (Å²) in [5.74, 6) is 0. The van der Waals surface area contributed by atoms with Gasteiger partial charge in [0.15, 0.2) is 0 Å². The molecule has 2 aromatic rings. The van der Waals surface area contributed by atoms with Crippen LogP contribution in [0, 0.1) is 0 Å². The smallest absolute Gasteiger partial charge is 0.0306 e. The molecule has 1 aromatic heterocycles. The second kappa shape index (κ2) is 10.2. The van der Waals surface area contributed by atoms with Gasteiger partial charge in [-0.05, 0) is 54.0 Å². The zero-order chi connectivity index (χ0) is 16.3. The Hall–Kier alpha value is -1.63. The number of hydrogen-bond acceptors (Lipinski definition) is 1. The molecule has 0 amide bonds. The molecule has 0 N–H and O–H groups in total. The first-order chi connectivity index (χ1) is 11.4. The monoisotopic (exact) mass is 309 g/mol. The fourth-order valence-electron chi connectivity index (χ4n) is 3.20. The van der Waals surface area contributed by atoms with Crippen LogP contribution in [0.3, 0.4) is 0 Å². The largest absolute Gasteiger partial charge is 0.264 e. The van der Waals surface area contributed by atoms with Gasteiger partial charge in [0.25, 0.3) is 0 Å². The van der Waals surface area contributed by atoms with Gasteiger partial charge in [0, 0.05) is 12.4 Å². The number of aryl methyl sites for hydroxylation is 2. The summed E-state index contributed by atoms with van der Waals surface area (Å²) in [7, 11) is 0. The van der Waals surface area contributed by atoms with Crippen molar-refractivity contribution in [2.24, 2.45) is 0 Å². The van der Waals surface area contributed by atoms with E-state index < -0.39 is 0 Å². The summed E-state index contributed by atoms with van der Waals surface area (Å²) >= 11 is 0. The molecule has 1 aromatic carbocycles. The number of pyridine rings is 1. The van der Waals surface area contributed by atoms with Crippen LogP contribution < -0.4 is 0 Å². The van der Waals surface area contributed by atoms with E-state index in [-0.39, 0.29) is 0 Å². The van der Waals surface area contributed by atoms with Gasteiger partial charge >= 0.3 is 0 Å². The van der Waals surface area contributed by atoms with Crippen LogP contribution in [-0.2, 0) is 12.8 Å². The maximum absolute atomic E-state index is 4.37. The molecule has 0 spiro atoms. The minimum Gasteiger partial charge on any atom is -0.264 e. The van der Waals surface area contributed by atoms with Crippen molar-refractivity contribution in [3.8, 4) is 11.1 Å². The highest BCUT2D eigenvalue weighted by Gasteiger charge is 2.09. The lowest BCUT2D eigenvalue weighted by Gasteiger charge is -2.13. The van der Waals surface area contributed by atoms with Gasteiger partial charge in [-0.3, -0.25) is 4.98 Å². The maximum atomic E-state index is 4.37. The van der Waals surface area contributed by atoms with Crippen molar-refractivity contribution in [2.45, 2.75) is 71.6 Å². The van der Waals surface area contributed by atoms with Crippen molar-refractivity contribution in [3.63, 3.8) is 0 Å². The third-order valence-electron chi connectivity index (χ3n) is 4.56. The molecule has 0 aliphatic heterocycles. The van der Waals surface area contributed by atoms with Gasteiger partial charge in [0.2, 0.25) is 0 Å². The molecule has 0 saturated carbocycles. The van der Waals surface area contributed by atoms with Gasteiger partial charge in [0.05, 0.1) is 0 Å². The van der Waals surface area contributed by atoms with Gasteiger partial charge < -0.3 is 0 Å². The molecule has 0 unspecified atom stereocenters. The van der Waals surface area contributed by atoms with Crippen LogP contribution in [0.15, 0.2) is 42.7 Å². The Balaban J connectivity index is 2.17. The molecule has 0 bridgehead atoms. The zero-order valence-corrected chi connectivity index (χ0v) is 14.9. The molecule has 124 valence electrons.